The first-order valence-electron chi connectivity index (χ1n) is 4.70. The van der Waals surface area contributed by atoms with E-state index in [9.17, 15) is 9.59 Å². The molecule has 0 unspecified atom stereocenters. The number of carbonyl (C=O) groups excluding carboxylic acids is 1. The molecule has 6 nitrogen and oxygen atoms in total. The molecule has 0 aliphatic heterocycles. The van der Waals surface area contributed by atoms with Gasteiger partial charge in [-0.1, -0.05) is 0 Å². The minimum absolute atomic E-state index is 0.102. The van der Waals surface area contributed by atoms with Crippen LogP contribution in [0.25, 0.3) is 0 Å². The van der Waals surface area contributed by atoms with E-state index in [-0.39, 0.29) is 5.89 Å². The number of carboxylic acids is 1. The van der Waals surface area contributed by atoms with Gasteiger partial charge in [0.25, 0.3) is 5.89 Å². The molecular weight excluding hydrogens is 212 g/mol. The monoisotopic (exact) mass is 226 g/mol. The van der Waals surface area contributed by atoms with Crippen molar-refractivity contribution >= 4 is 11.9 Å². The molecule has 0 bridgehead atoms. The molecule has 0 saturated carbocycles. The third kappa shape index (κ3) is 2.05. The Bertz CT molecular complexity index is 422. The van der Waals surface area contributed by atoms with Gasteiger partial charge in [-0.3, -0.25) is 4.79 Å². The lowest BCUT2D eigenvalue weighted by atomic mass is 10.0. The quantitative estimate of drug-likeness (QED) is 0.828. The molecule has 16 heavy (non-hydrogen) atoms. The van der Waals surface area contributed by atoms with E-state index in [2.05, 4.69) is 4.98 Å². The van der Waals surface area contributed by atoms with Gasteiger partial charge >= 0.3 is 11.9 Å². The number of rotatable bonds is 3. The number of aromatic nitrogens is 1. The Hall–Kier alpha value is -1.85. The first kappa shape index (κ1) is 12.2. The minimum Gasteiger partial charge on any atom is -0.480 e. The average Bonchev–Trinajstić information content (AvgIpc) is 2.62. The summed E-state index contributed by atoms with van der Waals surface area (Å²) in [5.74, 6) is -1.75. The van der Waals surface area contributed by atoms with Crippen molar-refractivity contribution in [3.63, 3.8) is 0 Å². The summed E-state index contributed by atoms with van der Waals surface area (Å²) in [6.45, 7) is 4.55. The van der Waals surface area contributed by atoms with E-state index in [1.54, 1.807) is 6.92 Å². The molecule has 0 radical (unpaired) electrons. The molecular formula is C10H14N2O4. The van der Waals surface area contributed by atoms with Crippen LogP contribution in [0.2, 0.25) is 0 Å². The summed E-state index contributed by atoms with van der Waals surface area (Å²) in [5, 5.41) is 8.97. The van der Waals surface area contributed by atoms with Crippen molar-refractivity contribution in [2.45, 2.75) is 26.3 Å². The fraction of sp³-hybridized carbons (Fsp3) is 0.500. The lowest BCUT2D eigenvalue weighted by Crippen LogP contribution is -2.50. The normalized spacial score (nSPS) is 11.2. The molecule has 0 aliphatic rings. The van der Waals surface area contributed by atoms with E-state index < -0.39 is 17.4 Å². The zero-order chi connectivity index (χ0) is 12.5. The summed E-state index contributed by atoms with van der Waals surface area (Å²) >= 11 is 0. The van der Waals surface area contributed by atoms with E-state index in [1.165, 1.54) is 27.2 Å². The van der Waals surface area contributed by atoms with Crippen LogP contribution in [0.15, 0.2) is 10.7 Å². The van der Waals surface area contributed by atoms with Gasteiger partial charge in [0.1, 0.15) is 11.8 Å². The highest BCUT2D eigenvalue weighted by Gasteiger charge is 2.37. The van der Waals surface area contributed by atoms with Gasteiger partial charge in [0, 0.05) is 7.05 Å². The van der Waals surface area contributed by atoms with Gasteiger partial charge in [-0.2, -0.15) is 0 Å². The van der Waals surface area contributed by atoms with Crippen LogP contribution in [0.3, 0.4) is 0 Å². The standard InChI is InChI=1S/C10H14N2O4/c1-6-5-16-7(11-6)8(13)12(4)10(2,3)9(14)15/h5H,1-4H3,(H,14,15). The minimum atomic E-state index is -1.31. The first-order chi connectivity index (χ1) is 7.26. The Morgan fingerprint density at radius 1 is 1.50 bits per heavy atom. The van der Waals surface area contributed by atoms with Gasteiger partial charge in [0.05, 0.1) is 5.69 Å². The number of likely N-dealkylation sites (N-methyl/N-ethyl adjacent to an activating group) is 1. The molecule has 6 heteroatoms. The number of carboxylic acid groups (broad SMARTS) is 1. The van der Waals surface area contributed by atoms with Crippen molar-refractivity contribution in [1.82, 2.24) is 9.88 Å². The Balaban J connectivity index is 2.95. The van der Waals surface area contributed by atoms with Crippen molar-refractivity contribution < 1.29 is 19.1 Å². The van der Waals surface area contributed by atoms with E-state index in [0.717, 1.165) is 4.90 Å². The van der Waals surface area contributed by atoms with Crippen molar-refractivity contribution in [3.05, 3.63) is 17.8 Å². The molecule has 1 aromatic heterocycles. The van der Waals surface area contributed by atoms with Gasteiger partial charge in [0.15, 0.2) is 0 Å². The number of oxazole rings is 1. The fourth-order valence-electron chi connectivity index (χ4n) is 0.993. The highest BCUT2D eigenvalue weighted by Crippen LogP contribution is 2.15. The molecule has 0 fully saturated rings. The molecule has 88 valence electrons. The number of amides is 1. The van der Waals surface area contributed by atoms with E-state index in [1.807, 2.05) is 0 Å². The van der Waals surface area contributed by atoms with Crippen molar-refractivity contribution in [2.75, 3.05) is 7.05 Å². The topological polar surface area (TPSA) is 83.6 Å². The molecule has 0 aliphatic carbocycles. The number of nitrogens with zero attached hydrogens (tertiary/aromatic N) is 2. The molecule has 0 aromatic carbocycles. The van der Waals surface area contributed by atoms with Crippen LogP contribution >= 0.6 is 0 Å². The number of aryl methyl sites for hydroxylation is 1. The number of carbonyl (C=O) groups is 2. The second-order valence-corrected chi connectivity index (χ2v) is 4.02. The van der Waals surface area contributed by atoms with Crippen LogP contribution in [0.1, 0.15) is 30.2 Å². The zero-order valence-electron chi connectivity index (χ0n) is 9.64. The van der Waals surface area contributed by atoms with Gasteiger partial charge in [0.2, 0.25) is 0 Å². The first-order valence-corrected chi connectivity index (χ1v) is 4.70. The lowest BCUT2D eigenvalue weighted by Gasteiger charge is -2.30. The summed E-state index contributed by atoms with van der Waals surface area (Å²) in [6.07, 6.45) is 1.34. The van der Waals surface area contributed by atoms with E-state index in [4.69, 9.17) is 9.52 Å². The Labute approximate surface area is 92.9 Å². The molecule has 1 heterocycles. The predicted octanol–water partition coefficient (Wildman–Crippen LogP) is 0.918. The highest BCUT2D eigenvalue weighted by atomic mass is 16.4. The van der Waals surface area contributed by atoms with Crippen LogP contribution in [0.4, 0.5) is 0 Å². The summed E-state index contributed by atoms with van der Waals surface area (Å²) in [6, 6.07) is 0. The second kappa shape index (κ2) is 3.96. The Kier molecular flexibility index (Phi) is 3.02. The maximum Gasteiger partial charge on any atom is 0.329 e. The SMILES string of the molecule is Cc1coc(C(=O)N(C)C(C)(C)C(=O)O)n1. The average molecular weight is 226 g/mol. The molecule has 0 saturated heterocycles. The molecule has 1 amide bonds. The van der Waals surface area contributed by atoms with Crippen LogP contribution in [0, 0.1) is 6.92 Å². The third-order valence-electron chi connectivity index (χ3n) is 2.47. The third-order valence-corrected chi connectivity index (χ3v) is 2.47. The van der Waals surface area contributed by atoms with Gasteiger partial charge in [-0.25, -0.2) is 9.78 Å². The second-order valence-electron chi connectivity index (χ2n) is 4.02. The summed E-state index contributed by atoms with van der Waals surface area (Å²) < 4.78 is 4.93. The maximum atomic E-state index is 11.8. The summed E-state index contributed by atoms with van der Waals surface area (Å²) in [5.41, 5.74) is -0.732. The summed E-state index contributed by atoms with van der Waals surface area (Å²) in [4.78, 5) is 27.7. The maximum absolute atomic E-state index is 11.8. The molecule has 0 spiro atoms. The zero-order valence-corrected chi connectivity index (χ0v) is 9.64. The molecule has 1 N–H and O–H groups in total. The number of aliphatic carboxylic acids is 1. The largest absolute Gasteiger partial charge is 0.480 e. The summed E-state index contributed by atoms with van der Waals surface area (Å²) in [7, 11) is 1.40. The predicted molar refractivity (Wildman–Crippen MR) is 55.0 cm³/mol. The van der Waals surface area contributed by atoms with Crippen LogP contribution in [-0.2, 0) is 4.79 Å². The van der Waals surface area contributed by atoms with Crippen molar-refractivity contribution in [1.29, 1.82) is 0 Å². The van der Waals surface area contributed by atoms with Crippen molar-refractivity contribution in [2.24, 2.45) is 0 Å². The van der Waals surface area contributed by atoms with Crippen molar-refractivity contribution in [3.8, 4) is 0 Å². The smallest absolute Gasteiger partial charge is 0.329 e. The van der Waals surface area contributed by atoms with Gasteiger partial charge in [-0.15, -0.1) is 0 Å². The van der Waals surface area contributed by atoms with Crippen LogP contribution < -0.4 is 0 Å². The number of hydrogen-bond donors (Lipinski definition) is 1. The Morgan fingerprint density at radius 2 is 2.06 bits per heavy atom. The van der Waals surface area contributed by atoms with E-state index >= 15 is 0 Å². The van der Waals surface area contributed by atoms with Crippen LogP contribution in [-0.4, -0.2) is 39.5 Å². The van der Waals surface area contributed by atoms with Crippen LogP contribution in [0.5, 0.6) is 0 Å². The van der Waals surface area contributed by atoms with Gasteiger partial charge < -0.3 is 14.4 Å². The fourth-order valence-corrected chi connectivity index (χ4v) is 0.993. The number of hydrogen-bond acceptors (Lipinski definition) is 4. The molecule has 1 aromatic rings. The molecule has 1 rings (SSSR count). The van der Waals surface area contributed by atoms with Gasteiger partial charge in [-0.05, 0) is 20.8 Å². The molecule has 0 atom stereocenters. The lowest BCUT2D eigenvalue weighted by molar-refractivity contribution is -0.147. The Morgan fingerprint density at radius 3 is 2.44 bits per heavy atom. The van der Waals surface area contributed by atoms with E-state index in [0.29, 0.717) is 5.69 Å². The highest BCUT2D eigenvalue weighted by molar-refractivity contribution is 5.94.